The number of aryl methyl sites for hydroxylation is 1. The number of hydrogen-bond donors (Lipinski definition) is 3. The third-order valence-corrected chi connectivity index (χ3v) is 3.93. The summed E-state index contributed by atoms with van der Waals surface area (Å²) in [6.45, 7) is 3.73. The van der Waals surface area contributed by atoms with E-state index in [2.05, 4.69) is 20.8 Å². The minimum atomic E-state index is -0.734. The topological polar surface area (TPSA) is 96.1 Å². The van der Waals surface area contributed by atoms with Crippen molar-refractivity contribution in [3.8, 4) is 11.5 Å². The number of anilines is 1. The lowest BCUT2D eigenvalue weighted by atomic mass is 10.2. The molecule has 1 aromatic heterocycles. The second kappa shape index (κ2) is 8.85. The van der Waals surface area contributed by atoms with Gasteiger partial charge in [0.15, 0.2) is 0 Å². The van der Waals surface area contributed by atoms with Crippen LogP contribution in [0, 0.1) is 6.92 Å². The van der Waals surface area contributed by atoms with Gasteiger partial charge in [0, 0.05) is 29.9 Å². The van der Waals surface area contributed by atoms with Gasteiger partial charge in [0.05, 0.1) is 5.69 Å². The number of rotatable bonds is 6. The summed E-state index contributed by atoms with van der Waals surface area (Å²) in [7, 11) is 0. The van der Waals surface area contributed by atoms with Crippen LogP contribution in [0.25, 0.3) is 0 Å². The van der Waals surface area contributed by atoms with Crippen LogP contribution in [-0.2, 0) is 16.0 Å². The van der Waals surface area contributed by atoms with Crippen LogP contribution in [0.2, 0.25) is 0 Å². The van der Waals surface area contributed by atoms with Crippen molar-refractivity contribution in [2.45, 2.75) is 26.3 Å². The smallest absolute Gasteiger partial charge is 0.313 e. The number of hydrogen-bond acceptors (Lipinski definition) is 4. The number of para-hydroxylation sites is 1. The van der Waals surface area contributed by atoms with E-state index in [-0.39, 0.29) is 6.04 Å². The van der Waals surface area contributed by atoms with E-state index in [4.69, 9.17) is 4.74 Å². The average molecular weight is 378 g/mol. The first-order valence-corrected chi connectivity index (χ1v) is 8.95. The number of nitrogens with zero attached hydrogens (tertiary/aromatic N) is 1. The quantitative estimate of drug-likeness (QED) is 0.574. The molecule has 1 heterocycles. The molecule has 3 rings (SSSR count). The van der Waals surface area contributed by atoms with Crippen LogP contribution >= 0.6 is 0 Å². The number of carbonyl (C=O) groups is 2. The molecule has 1 atom stereocenters. The molecule has 0 spiro atoms. The number of aromatic nitrogens is 2. The zero-order valence-corrected chi connectivity index (χ0v) is 15.7. The van der Waals surface area contributed by atoms with Crippen LogP contribution < -0.4 is 15.4 Å². The van der Waals surface area contributed by atoms with Gasteiger partial charge in [-0.25, -0.2) is 0 Å². The van der Waals surface area contributed by atoms with Crippen molar-refractivity contribution < 1.29 is 14.3 Å². The number of nitrogens with one attached hydrogen (secondary N) is 3. The Balaban J connectivity index is 1.54. The maximum Gasteiger partial charge on any atom is 0.313 e. The lowest BCUT2D eigenvalue weighted by molar-refractivity contribution is -0.136. The summed E-state index contributed by atoms with van der Waals surface area (Å²) in [5.41, 5.74) is 2.25. The third kappa shape index (κ3) is 5.44. The van der Waals surface area contributed by atoms with Gasteiger partial charge in [0.1, 0.15) is 11.5 Å². The third-order valence-electron chi connectivity index (χ3n) is 3.93. The highest BCUT2D eigenvalue weighted by atomic mass is 16.5. The molecule has 0 bridgehead atoms. The molecule has 0 aliphatic carbocycles. The highest BCUT2D eigenvalue weighted by molar-refractivity contribution is 6.39. The molecule has 2 amide bonds. The van der Waals surface area contributed by atoms with Gasteiger partial charge in [-0.15, -0.1) is 0 Å². The number of amides is 2. The Labute approximate surface area is 163 Å². The van der Waals surface area contributed by atoms with Gasteiger partial charge in [-0.2, -0.15) is 5.10 Å². The van der Waals surface area contributed by atoms with E-state index < -0.39 is 11.8 Å². The fraction of sp³-hybridized carbons (Fsp3) is 0.190. The van der Waals surface area contributed by atoms with Gasteiger partial charge < -0.3 is 15.4 Å². The van der Waals surface area contributed by atoms with Crippen molar-refractivity contribution in [3.63, 3.8) is 0 Å². The number of benzene rings is 2. The molecule has 2 aromatic carbocycles. The van der Waals surface area contributed by atoms with Crippen molar-refractivity contribution in [3.05, 3.63) is 72.1 Å². The number of carbonyl (C=O) groups excluding carboxylic acids is 2. The van der Waals surface area contributed by atoms with Crippen LogP contribution in [0.15, 0.2) is 60.7 Å². The van der Waals surface area contributed by atoms with E-state index >= 15 is 0 Å². The molecule has 3 N–H and O–H groups in total. The van der Waals surface area contributed by atoms with Gasteiger partial charge in [0.25, 0.3) is 0 Å². The zero-order valence-electron chi connectivity index (χ0n) is 15.7. The van der Waals surface area contributed by atoms with E-state index in [1.807, 2.05) is 50.2 Å². The Hall–Kier alpha value is -3.61. The molecule has 0 aliphatic rings. The summed E-state index contributed by atoms with van der Waals surface area (Å²) in [5.74, 6) is -0.186. The van der Waals surface area contributed by atoms with E-state index in [1.54, 1.807) is 24.3 Å². The van der Waals surface area contributed by atoms with Crippen molar-refractivity contribution in [1.29, 1.82) is 0 Å². The van der Waals surface area contributed by atoms with Gasteiger partial charge in [-0.1, -0.05) is 24.3 Å². The maximum atomic E-state index is 12.2. The molecule has 1 unspecified atom stereocenters. The average Bonchev–Trinajstić information content (AvgIpc) is 3.07. The predicted octanol–water partition coefficient (Wildman–Crippen LogP) is 3.20. The molecule has 0 saturated carbocycles. The van der Waals surface area contributed by atoms with Gasteiger partial charge >= 0.3 is 11.8 Å². The first-order valence-electron chi connectivity index (χ1n) is 8.95. The second-order valence-corrected chi connectivity index (χ2v) is 6.52. The molecule has 3 aromatic rings. The van der Waals surface area contributed by atoms with Crippen molar-refractivity contribution in [2.75, 3.05) is 5.32 Å². The molecule has 0 fully saturated rings. The summed E-state index contributed by atoms with van der Waals surface area (Å²) in [5, 5.41) is 12.2. The van der Waals surface area contributed by atoms with Crippen molar-refractivity contribution in [2.24, 2.45) is 0 Å². The number of aromatic amines is 1. The normalized spacial score (nSPS) is 11.5. The molecule has 0 aliphatic heterocycles. The monoisotopic (exact) mass is 378 g/mol. The Morgan fingerprint density at radius 2 is 1.79 bits per heavy atom. The SMILES string of the molecule is Cc1cc(CC(C)NC(=O)C(=O)Nc2cccc(Oc3ccccc3)c2)n[nH]1. The highest BCUT2D eigenvalue weighted by Gasteiger charge is 2.17. The van der Waals surface area contributed by atoms with Gasteiger partial charge in [0.2, 0.25) is 0 Å². The fourth-order valence-electron chi connectivity index (χ4n) is 2.68. The second-order valence-electron chi connectivity index (χ2n) is 6.52. The summed E-state index contributed by atoms with van der Waals surface area (Å²) in [6, 6.07) is 17.9. The molecular weight excluding hydrogens is 356 g/mol. The molecule has 7 nitrogen and oxygen atoms in total. The standard InChI is InChI=1S/C21H22N4O3/c1-14(11-17-12-15(2)24-25-17)22-20(26)21(27)23-16-7-6-10-19(13-16)28-18-8-4-3-5-9-18/h3-10,12-14H,11H2,1-2H3,(H,22,26)(H,23,27)(H,24,25). The molecule has 28 heavy (non-hydrogen) atoms. The first-order chi connectivity index (χ1) is 13.5. The van der Waals surface area contributed by atoms with E-state index in [0.717, 1.165) is 11.4 Å². The number of H-pyrrole nitrogens is 1. The van der Waals surface area contributed by atoms with E-state index in [1.165, 1.54) is 0 Å². The molecule has 144 valence electrons. The van der Waals surface area contributed by atoms with Crippen LogP contribution in [0.4, 0.5) is 5.69 Å². The molecular formula is C21H22N4O3. The van der Waals surface area contributed by atoms with Crippen LogP contribution in [0.3, 0.4) is 0 Å². The summed E-state index contributed by atoms with van der Waals surface area (Å²) in [6.07, 6.45) is 0.532. The van der Waals surface area contributed by atoms with Crippen molar-refractivity contribution in [1.82, 2.24) is 15.5 Å². The predicted molar refractivity (Wildman–Crippen MR) is 106 cm³/mol. The minimum absolute atomic E-state index is 0.228. The zero-order chi connectivity index (χ0) is 19.9. The Morgan fingerprint density at radius 3 is 2.50 bits per heavy atom. The van der Waals surface area contributed by atoms with Crippen LogP contribution in [0.1, 0.15) is 18.3 Å². The van der Waals surface area contributed by atoms with Crippen LogP contribution in [-0.4, -0.2) is 28.1 Å². The minimum Gasteiger partial charge on any atom is -0.457 e. The number of ether oxygens (including phenoxy) is 1. The highest BCUT2D eigenvalue weighted by Crippen LogP contribution is 2.23. The molecule has 0 saturated heterocycles. The maximum absolute atomic E-state index is 12.2. The van der Waals surface area contributed by atoms with Crippen molar-refractivity contribution >= 4 is 17.5 Å². The van der Waals surface area contributed by atoms with Gasteiger partial charge in [-0.3, -0.25) is 14.7 Å². The lowest BCUT2D eigenvalue weighted by Crippen LogP contribution is -2.41. The molecule has 0 radical (unpaired) electrons. The van der Waals surface area contributed by atoms with Gasteiger partial charge in [-0.05, 0) is 44.2 Å². The first kappa shape index (κ1) is 19.2. The van der Waals surface area contributed by atoms with E-state index in [9.17, 15) is 9.59 Å². The summed E-state index contributed by atoms with van der Waals surface area (Å²) in [4.78, 5) is 24.3. The molecule has 7 heteroatoms. The summed E-state index contributed by atoms with van der Waals surface area (Å²) >= 11 is 0. The Bertz CT molecular complexity index is 953. The largest absolute Gasteiger partial charge is 0.457 e. The fourth-order valence-corrected chi connectivity index (χ4v) is 2.68. The summed E-state index contributed by atoms with van der Waals surface area (Å²) < 4.78 is 5.73. The van der Waals surface area contributed by atoms with Crippen LogP contribution in [0.5, 0.6) is 11.5 Å². The lowest BCUT2D eigenvalue weighted by Gasteiger charge is -2.13. The Kier molecular flexibility index (Phi) is 6.06. The van der Waals surface area contributed by atoms with E-state index in [0.29, 0.717) is 23.6 Å². The Morgan fingerprint density at radius 1 is 1.04 bits per heavy atom.